The summed E-state index contributed by atoms with van der Waals surface area (Å²) in [6, 6.07) is 2.95. The van der Waals surface area contributed by atoms with E-state index in [-0.39, 0.29) is 5.75 Å². The lowest BCUT2D eigenvalue weighted by Gasteiger charge is -2.25. The second kappa shape index (κ2) is 7.06. The average molecular weight is 256 g/mol. The van der Waals surface area contributed by atoms with Crippen LogP contribution in [0, 0.1) is 5.82 Å². The lowest BCUT2D eigenvalue weighted by molar-refractivity contribution is 0.205. The lowest BCUT2D eigenvalue weighted by atomic mass is 10.2. The molecular weight excluding hydrogens is 235 g/mol. The predicted molar refractivity (Wildman–Crippen MR) is 71.7 cm³/mol. The molecule has 0 amide bonds. The molecule has 0 aromatic heterocycles. The van der Waals surface area contributed by atoms with E-state index < -0.39 is 5.82 Å². The van der Waals surface area contributed by atoms with Gasteiger partial charge in [-0.3, -0.25) is 0 Å². The van der Waals surface area contributed by atoms with Gasteiger partial charge in [-0.1, -0.05) is 0 Å². The van der Waals surface area contributed by atoms with Crippen molar-refractivity contribution < 1.29 is 13.9 Å². The highest BCUT2D eigenvalue weighted by Gasteiger charge is 2.13. The zero-order chi connectivity index (χ0) is 13.5. The van der Waals surface area contributed by atoms with Gasteiger partial charge >= 0.3 is 0 Å². The molecule has 0 atom stereocenters. The van der Waals surface area contributed by atoms with E-state index in [1.54, 1.807) is 13.2 Å². The highest BCUT2D eigenvalue weighted by atomic mass is 19.1. The van der Waals surface area contributed by atoms with Crippen LogP contribution in [0.4, 0.5) is 15.8 Å². The molecule has 0 aliphatic heterocycles. The first-order valence-electron chi connectivity index (χ1n) is 6.09. The van der Waals surface area contributed by atoms with Crippen LogP contribution < -0.4 is 15.4 Å². The third-order valence-corrected chi connectivity index (χ3v) is 2.67. The Morgan fingerprint density at radius 3 is 2.61 bits per heavy atom. The van der Waals surface area contributed by atoms with Gasteiger partial charge in [0.25, 0.3) is 0 Å². The van der Waals surface area contributed by atoms with Gasteiger partial charge in [0.2, 0.25) is 0 Å². The number of ether oxygens (including phenoxy) is 2. The maximum absolute atomic E-state index is 13.6. The quantitative estimate of drug-likeness (QED) is 0.760. The first kappa shape index (κ1) is 14.6. The number of rotatable bonds is 7. The fourth-order valence-corrected chi connectivity index (χ4v) is 1.75. The number of nitrogens with zero attached hydrogens (tertiary/aromatic N) is 1. The number of halogens is 1. The largest absolute Gasteiger partial charge is 0.491 e. The number of methoxy groups -OCH3 is 1. The molecule has 1 rings (SSSR count). The summed E-state index contributed by atoms with van der Waals surface area (Å²) in [5.41, 5.74) is 7.04. The summed E-state index contributed by atoms with van der Waals surface area (Å²) in [6.07, 6.45) is 0. The Hall–Kier alpha value is -1.49. The summed E-state index contributed by atoms with van der Waals surface area (Å²) in [6.45, 7) is 6.31. The number of likely N-dealkylation sites (N-methyl/N-ethyl adjacent to an activating group) is 1. The minimum Gasteiger partial charge on any atom is -0.491 e. The van der Waals surface area contributed by atoms with Crippen LogP contribution in [0.1, 0.15) is 13.8 Å². The van der Waals surface area contributed by atoms with Crippen LogP contribution in [0.25, 0.3) is 0 Å². The summed E-state index contributed by atoms with van der Waals surface area (Å²) >= 11 is 0. The van der Waals surface area contributed by atoms with Gasteiger partial charge in [-0.15, -0.1) is 0 Å². The third-order valence-electron chi connectivity index (χ3n) is 2.67. The fraction of sp³-hybridized carbons (Fsp3) is 0.538. The fourth-order valence-electron chi connectivity index (χ4n) is 1.75. The zero-order valence-electron chi connectivity index (χ0n) is 11.2. The van der Waals surface area contributed by atoms with E-state index in [1.807, 2.05) is 18.7 Å². The maximum atomic E-state index is 13.6. The van der Waals surface area contributed by atoms with E-state index in [0.29, 0.717) is 25.4 Å². The zero-order valence-corrected chi connectivity index (χ0v) is 11.2. The molecule has 0 fully saturated rings. The molecule has 0 heterocycles. The summed E-state index contributed by atoms with van der Waals surface area (Å²) in [7, 11) is 1.65. The van der Waals surface area contributed by atoms with Gasteiger partial charge < -0.3 is 20.1 Å². The van der Waals surface area contributed by atoms with Crippen LogP contribution in [-0.2, 0) is 4.74 Å². The number of hydrogen-bond acceptors (Lipinski definition) is 4. The molecule has 0 radical (unpaired) electrons. The molecule has 18 heavy (non-hydrogen) atoms. The van der Waals surface area contributed by atoms with Crippen LogP contribution in [0.5, 0.6) is 5.75 Å². The summed E-state index contributed by atoms with van der Waals surface area (Å²) in [5, 5.41) is 0. The predicted octanol–water partition coefficient (Wildman–Crippen LogP) is 2.28. The molecule has 4 nitrogen and oxygen atoms in total. The van der Waals surface area contributed by atoms with Crippen LogP contribution in [0.2, 0.25) is 0 Å². The first-order chi connectivity index (χ1) is 8.63. The van der Waals surface area contributed by atoms with Crippen molar-refractivity contribution in [3.05, 3.63) is 17.9 Å². The Labute approximate surface area is 107 Å². The second-order valence-electron chi connectivity index (χ2n) is 3.85. The van der Waals surface area contributed by atoms with E-state index in [9.17, 15) is 4.39 Å². The molecule has 5 heteroatoms. The summed E-state index contributed by atoms with van der Waals surface area (Å²) < 4.78 is 23.9. The van der Waals surface area contributed by atoms with Crippen molar-refractivity contribution >= 4 is 11.4 Å². The van der Waals surface area contributed by atoms with Gasteiger partial charge in [0, 0.05) is 32.3 Å². The van der Waals surface area contributed by atoms with Crippen molar-refractivity contribution in [2.45, 2.75) is 13.8 Å². The molecule has 1 aromatic carbocycles. The summed E-state index contributed by atoms with van der Waals surface area (Å²) in [5.74, 6) is -0.196. The van der Waals surface area contributed by atoms with Gasteiger partial charge in [-0.25, -0.2) is 4.39 Å². The van der Waals surface area contributed by atoms with Crippen molar-refractivity contribution in [1.82, 2.24) is 0 Å². The first-order valence-corrected chi connectivity index (χ1v) is 6.09. The molecule has 0 aliphatic rings. The van der Waals surface area contributed by atoms with E-state index in [2.05, 4.69) is 0 Å². The third kappa shape index (κ3) is 3.50. The highest BCUT2D eigenvalue weighted by molar-refractivity contribution is 5.70. The second-order valence-corrected chi connectivity index (χ2v) is 3.85. The van der Waals surface area contributed by atoms with E-state index >= 15 is 0 Å². The highest BCUT2D eigenvalue weighted by Crippen LogP contribution is 2.31. The van der Waals surface area contributed by atoms with Gasteiger partial charge in [0.15, 0.2) is 11.6 Å². The molecular formula is C13H21FN2O2. The molecule has 0 saturated heterocycles. The Bertz CT molecular complexity index is 385. The number of nitrogen functional groups attached to an aromatic ring is 1. The number of benzene rings is 1. The molecule has 1 aromatic rings. The van der Waals surface area contributed by atoms with Crippen LogP contribution in [0.15, 0.2) is 12.1 Å². The Balaban J connectivity index is 3.01. The van der Waals surface area contributed by atoms with E-state index in [1.165, 1.54) is 6.07 Å². The monoisotopic (exact) mass is 256 g/mol. The minimum absolute atomic E-state index is 0.234. The Morgan fingerprint density at radius 1 is 1.33 bits per heavy atom. The smallest absolute Gasteiger partial charge is 0.167 e. The van der Waals surface area contributed by atoms with Gasteiger partial charge in [0.05, 0.1) is 24.6 Å². The minimum atomic E-state index is -0.430. The molecule has 102 valence electrons. The van der Waals surface area contributed by atoms with Crippen molar-refractivity contribution in [2.75, 3.05) is 44.0 Å². The van der Waals surface area contributed by atoms with Gasteiger partial charge in [0.1, 0.15) is 0 Å². The van der Waals surface area contributed by atoms with Crippen LogP contribution in [-0.4, -0.2) is 33.4 Å². The Morgan fingerprint density at radius 2 is 2.06 bits per heavy atom. The Kier molecular flexibility index (Phi) is 5.71. The topological polar surface area (TPSA) is 47.7 Å². The van der Waals surface area contributed by atoms with Crippen molar-refractivity contribution in [3.8, 4) is 5.75 Å². The van der Waals surface area contributed by atoms with Crippen LogP contribution >= 0.6 is 0 Å². The standard InChI is InChI=1S/C13H21FN2O2/c1-4-16(6-7-17-3)12-9-13(18-5-2)10(14)8-11(12)15/h8-9H,4-7,15H2,1-3H3. The normalized spacial score (nSPS) is 10.4. The van der Waals surface area contributed by atoms with E-state index in [0.717, 1.165) is 12.2 Å². The molecule has 2 N–H and O–H groups in total. The number of hydrogen-bond donors (Lipinski definition) is 1. The SMILES string of the molecule is CCOc1cc(N(CC)CCOC)c(N)cc1F. The van der Waals surface area contributed by atoms with Crippen molar-refractivity contribution in [2.24, 2.45) is 0 Å². The van der Waals surface area contributed by atoms with Gasteiger partial charge in [-0.2, -0.15) is 0 Å². The van der Waals surface area contributed by atoms with E-state index in [4.69, 9.17) is 15.2 Å². The lowest BCUT2D eigenvalue weighted by Crippen LogP contribution is -2.27. The van der Waals surface area contributed by atoms with Gasteiger partial charge in [-0.05, 0) is 13.8 Å². The average Bonchev–Trinajstić information content (AvgIpc) is 2.35. The van der Waals surface area contributed by atoms with Crippen molar-refractivity contribution in [1.29, 1.82) is 0 Å². The molecule has 0 unspecified atom stereocenters. The molecule has 0 bridgehead atoms. The molecule has 0 spiro atoms. The molecule has 0 aliphatic carbocycles. The number of anilines is 2. The maximum Gasteiger partial charge on any atom is 0.167 e. The van der Waals surface area contributed by atoms with Crippen molar-refractivity contribution in [3.63, 3.8) is 0 Å². The number of nitrogens with two attached hydrogens (primary N) is 1. The molecule has 0 saturated carbocycles. The summed E-state index contributed by atoms with van der Waals surface area (Å²) in [4.78, 5) is 2.03. The van der Waals surface area contributed by atoms with Crippen LogP contribution in [0.3, 0.4) is 0 Å².